The van der Waals surface area contributed by atoms with Gasteiger partial charge in [0, 0.05) is 21.8 Å². The standard InChI is InChI=1S/C24H31N3O5/c1-5-6-9-14-24(17(2)3,32-27(29)30)23(28)26(31-4)16-18-12-13-20-19-10-7-8-11-21(19)25-22(20)15-18/h7-8,10-13,15,17,25H,5-6,9,14,16H2,1-4H3. The first-order valence-corrected chi connectivity index (χ1v) is 11.0. The summed E-state index contributed by atoms with van der Waals surface area (Å²) in [5.41, 5.74) is 1.23. The van der Waals surface area contributed by atoms with Gasteiger partial charge in [-0.25, -0.2) is 5.06 Å². The average Bonchev–Trinajstić information content (AvgIpc) is 3.13. The maximum Gasteiger partial charge on any atom is 0.295 e. The van der Waals surface area contributed by atoms with E-state index in [2.05, 4.69) is 11.1 Å². The molecule has 0 aliphatic rings. The van der Waals surface area contributed by atoms with Crippen LogP contribution in [0.15, 0.2) is 42.5 Å². The number of nitrogens with zero attached hydrogens (tertiary/aromatic N) is 2. The van der Waals surface area contributed by atoms with E-state index in [1.54, 1.807) is 13.8 Å². The largest absolute Gasteiger partial charge is 0.355 e. The van der Waals surface area contributed by atoms with Gasteiger partial charge in [-0.15, -0.1) is 10.1 Å². The van der Waals surface area contributed by atoms with Gasteiger partial charge in [0.25, 0.3) is 11.0 Å². The number of para-hydroxylation sites is 1. The molecule has 0 fully saturated rings. The van der Waals surface area contributed by atoms with Gasteiger partial charge in [0.1, 0.15) is 0 Å². The van der Waals surface area contributed by atoms with E-state index in [4.69, 9.17) is 9.68 Å². The van der Waals surface area contributed by atoms with Crippen molar-refractivity contribution >= 4 is 27.7 Å². The summed E-state index contributed by atoms with van der Waals surface area (Å²) < 4.78 is 0. The van der Waals surface area contributed by atoms with Gasteiger partial charge < -0.3 is 4.98 Å². The van der Waals surface area contributed by atoms with Crippen molar-refractivity contribution in [2.75, 3.05) is 7.11 Å². The van der Waals surface area contributed by atoms with Crippen LogP contribution in [0.25, 0.3) is 21.8 Å². The number of benzene rings is 2. The molecular weight excluding hydrogens is 410 g/mol. The Labute approximate surface area is 187 Å². The van der Waals surface area contributed by atoms with Crippen LogP contribution in [0.2, 0.25) is 0 Å². The van der Waals surface area contributed by atoms with Crippen molar-refractivity contribution in [3.8, 4) is 0 Å². The van der Waals surface area contributed by atoms with Crippen LogP contribution in [0.3, 0.4) is 0 Å². The molecule has 0 aliphatic heterocycles. The Bertz CT molecular complexity index is 1090. The van der Waals surface area contributed by atoms with Crippen LogP contribution in [-0.2, 0) is 21.0 Å². The van der Waals surface area contributed by atoms with Crippen molar-refractivity contribution in [3.63, 3.8) is 0 Å². The molecule has 32 heavy (non-hydrogen) atoms. The molecule has 1 atom stereocenters. The molecule has 1 amide bonds. The maximum absolute atomic E-state index is 13.5. The van der Waals surface area contributed by atoms with E-state index >= 15 is 0 Å². The van der Waals surface area contributed by atoms with E-state index in [1.165, 1.54) is 12.2 Å². The second-order valence-corrected chi connectivity index (χ2v) is 8.39. The lowest BCUT2D eigenvalue weighted by atomic mass is 9.84. The Morgan fingerprint density at radius 2 is 1.88 bits per heavy atom. The average molecular weight is 442 g/mol. The van der Waals surface area contributed by atoms with E-state index in [0.29, 0.717) is 6.42 Å². The van der Waals surface area contributed by atoms with Crippen molar-refractivity contribution in [2.45, 2.75) is 58.6 Å². The molecule has 172 valence electrons. The fourth-order valence-electron chi connectivity index (χ4n) is 4.20. The first kappa shape index (κ1) is 23.5. The first-order valence-electron chi connectivity index (χ1n) is 11.0. The van der Waals surface area contributed by atoms with Crippen LogP contribution >= 0.6 is 0 Å². The molecule has 1 heterocycles. The molecule has 1 aromatic heterocycles. The highest BCUT2D eigenvalue weighted by Gasteiger charge is 2.48. The molecule has 0 radical (unpaired) electrons. The van der Waals surface area contributed by atoms with E-state index in [-0.39, 0.29) is 13.0 Å². The minimum Gasteiger partial charge on any atom is -0.355 e. The monoisotopic (exact) mass is 441 g/mol. The second kappa shape index (κ2) is 9.99. The van der Waals surface area contributed by atoms with Gasteiger partial charge in [-0.1, -0.05) is 70.4 Å². The first-order chi connectivity index (χ1) is 15.3. The van der Waals surface area contributed by atoms with Gasteiger partial charge in [-0.2, -0.15) is 0 Å². The molecule has 8 nitrogen and oxygen atoms in total. The number of carbonyl (C=O) groups is 1. The fourth-order valence-corrected chi connectivity index (χ4v) is 4.20. The summed E-state index contributed by atoms with van der Waals surface area (Å²) in [5, 5.41) is 13.8. The second-order valence-electron chi connectivity index (χ2n) is 8.39. The topological polar surface area (TPSA) is 97.7 Å². The van der Waals surface area contributed by atoms with Gasteiger partial charge in [0.2, 0.25) is 5.60 Å². The van der Waals surface area contributed by atoms with Crippen molar-refractivity contribution in [1.29, 1.82) is 0 Å². The summed E-state index contributed by atoms with van der Waals surface area (Å²) in [6, 6.07) is 14.0. The smallest absolute Gasteiger partial charge is 0.295 e. The summed E-state index contributed by atoms with van der Waals surface area (Å²) in [6.07, 6.45) is 2.68. The Hall–Kier alpha value is -3.13. The summed E-state index contributed by atoms with van der Waals surface area (Å²) in [5.74, 6) is -0.953. The zero-order chi connectivity index (χ0) is 23.3. The normalized spacial score (nSPS) is 13.4. The molecule has 1 N–H and O–H groups in total. The lowest BCUT2D eigenvalue weighted by Gasteiger charge is -2.37. The van der Waals surface area contributed by atoms with Crippen molar-refractivity contribution in [3.05, 3.63) is 58.1 Å². The number of hydrogen-bond donors (Lipinski definition) is 1. The van der Waals surface area contributed by atoms with Crippen molar-refractivity contribution in [1.82, 2.24) is 10.0 Å². The van der Waals surface area contributed by atoms with Crippen LogP contribution in [0.1, 0.15) is 52.0 Å². The number of nitrogens with one attached hydrogen (secondary N) is 1. The zero-order valence-corrected chi connectivity index (χ0v) is 19.1. The molecule has 0 saturated carbocycles. The number of amides is 1. The van der Waals surface area contributed by atoms with Gasteiger partial charge >= 0.3 is 0 Å². The summed E-state index contributed by atoms with van der Waals surface area (Å²) in [4.78, 5) is 38.7. The van der Waals surface area contributed by atoms with E-state index in [0.717, 1.165) is 40.2 Å². The molecule has 1 unspecified atom stereocenters. The number of fused-ring (bicyclic) bond motifs is 3. The molecule has 3 rings (SSSR count). The molecule has 0 saturated heterocycles. The lowest BCUT2D eigenvalue weighted by Crippen LogP contribution is -2.54. The van der Waals surface area contributed by atoms with Crippen LogP contribution in [0, 0.1) is 16.0 Å². The number of unbranched alkanes of at least 4 members (excludes halogenated alkanes) is 2. The SMILES string of the molecule is CCCCCC(O[N+](=O)[O-])(C(=O)N(Cc1ccc2c(c1)[nH]c1ccccc12)OC)C(C)C. The highest BCUT2D eigenvalue weighted by molar-refractivity contribution is 6.07. The molecule has 0 bridgehead atoms. The highest BCUT2D eigenvalue weighted by Crippen LogP contribution is 2.32. The molecule has 8 heteroatoms. The van der Waals surface area contributed by atoms with Crippen LogP contribution in [0.5, 0.6) is 0 Å². The van der Waals surface area contributed by atoms with Gasteiger partial charge in [-0.3, -0.25) is 14.5 Å². The van der Waals surface area contributed by atoms with Crippen LogP contribution in [-0.4, -0.2) is 33.8 Å². The Balaban J connectivity index is 1.91. The summed E-state index contributed by atoms with van der Waals surface area (Å²) in [6.45, 7) is 5.70. The highest BCUT2D eigenvalue weighted by atomic mass is 17.0. The lowest BCUT2D eigenvalue weighted by molar-refractivity contribution is -0.779. The quantitative estimate of drug-likeness (QED) is 0.244. The predicted octanol–water partition coefficient (Wildman–Crippen LogP) is 5.39. The fraction of sp³-hybridized carbons (Fsp3) is 0.458. The van der Waals surface area contributed by atoms with Crippen LogP contribution in [0.4, 0.5) is 0 Å². The molecule has 0 spiro atoms. The van der Waals surface area contributed by atoms with Gasteiger partial charge in [-0.05, 0) is 30.0 Å². The van der Waals surface area contributed by atoms with E-state index < -0.39 is 22.5 Å². The summed E-state index contributed by atoms with van der Waals surface area (Å²) >= 11 is 0. The number of aromatic amines is 1. The minimum atomic E-state index is -1.60. The Kier molecular flexibility index (Phi) is 7.35. The predicted molar refractivity (Wildman–Crippen MR) is 123 cm³/mol. The van der Waals surface area contributed by atoms with Crippen LogP contribution < -0.4 is 0 Å². The van der Waals surface area contributed by atoms with E-state index in [1.807, 2.05) is 43.3 Å². The van der Waals surface area contributed by atoms with Gasteiger partial charge in [0.15, 0.2) is 0 Å². The molecule has 0 aliphatic carbocycles. The minimum absolute atomic E-state index is 0.143. The van der Waals surface area contributed by atoms with Gasteiger partial charge in [0.05, 0.1) is 13.7 Å². The molecular formula is C24H31N3O5. The number of hydrogen-bond acceptors (Lipinski definition) is 5. The Morgan fingerprint density at radius 3 is 2.53 bits per heavy atom. The number of hydroxylamine groups is 2. The Morgan fingerprint density at radius 1 is 1.16 bits per heavy atom. The molecule has 3 aromatic rings. The maximum atomic E-state index is 13.5. The van der Waals surface area contributed by atoms with Crippen molar-refractivity contribution in [2.24, 2.45) is 5.92 Å². The third-order valence-electron chi connectivity index (χ3n) is 6.03. The number of rotatable bonds is 11. The van der Waals surface area contributed by atoms with E-state index in [9.17, 15) is 14.9 Å². The van der Waals surface area contributed by atoms with Crippen molar-refractivity contribution < 1.29 is 19.6 Å². The molecule has 2 aromatic carbocycles. The number of aromatic nitrogens is 1. The number of H-pyrrole nitrogens is 1. The zero-order valence-electron chi connectivity index (χ0n) is 19.1. The third-order valence-corrected chi connectivity index (χ3v) is 6.03. The third kappa shape index (κ3) is 4.70. The number of carbonyl (C=O) groups excluding carboxylic acids is 1. The summed E-state index contributed by atoms with van der Waals surface area (Å²) in [7, 11) is 1.39.